The monoisotopic (exact) mass is 322 g/mol. The number of nitrogens with two attached hydrogens (primary N) is 1. The summed E-state index contributed by atoms with van der Waals surface area (Å²) < 4.78 is 29.6. The van der Waals surface area contributed by atoms with Crippen molar-refractivity contribution in [3.05, 3.63) is 24.3 Å². The molecule has 6 nitrogen and oxygen atoms in total. The fraction of sp³-hybridized carbons (Fsp3) is 0.222. The van der Waals surface area contributed by atoms with Crippen LogP contribution in [0.3, 0.4) is 0 Å². The molecule has 0 bridgehead atoms. The summed E-state index contributed by atoms with van der Waals surface area (Å²) in [5.41, 5.74) is 5.32. The Bertz CT molecular complexity index is 486. The first-order valence-electron chi connectivity index (χ1n) is 4.50. The van der Waals surface area contributed by atoms with Crippen LogP contribution in [0.25, 0.3) is 0 Å². The van der Waals surface area contributed by atoms with Gasteiger partial charge in [-0.25, -0.2) is 8.42 Å². The van der Waals surface area contributed by atoms with Crippen LogP contribution in [0.2, 0.25) is 0 Å². The lowest BCUT2D eigenvalue weighted by Crippen LogP contribution is -2.20. The van der Waals surface area contributed by atoms with Crippen LogP contribution in [0.1, 0.15) is 0 Å². The van der Waals surface area contributed by atoms with E-state index in [9.17, 15) is 13.2 Å². The third-order valence-corrected chi connectivity index (χ3v) is 4.29. The van der Waals surface area contributed by atoms with E-state index in [1.165, 1.54) is 24.3 Å². The Morgan fingerprint density at radius 3 is 2.41 bits per heavy atom. The number of carbonyl (C=O) groups excluding carboxylic acids is 1. The molecule has 0 spiro atoms. The number of hydrogen-bond donors (Lipinski definition) is 2. The number of nitrogens with one attached hydrogen (secondary N) is 1. The number of anilines is 1. The second kappa shape index (κ2) is 5.87. The molecule has 0 saturated carbocycles. The molecule has 94 valence electrons. The topological polar surface area (TPSA) is 98.5 Å². The molecule has 1 aromatic carbocycles. The Hall–Kier alpha value is -1.28. The van der Waals surface area contributed by atoms with Crippen molar-refractivity contribution in [2.24, 2.45) is 5.73 Å². The number of rotatable bonds is 6. The molecule has 8 heteroatoms. The van der Waals surface area contributed by atoms with Gasteiger partial charge >= 0.3 is 0 Å². The first-order chi connectivity index (χ1) is 7.93. The highest BCUT2D eigenvalue weighted by atomic mass is 79.9. The van der Waals surface area contributed by atoms with Gasteiger partial charge in [-0.05, 0) is 24.3 Å². The van der Waals surface area contributed by atoms with Crippen molar-refractivity contribution < 1.29 is 17.9 Å². The number of halogens is 1. The van der Waals surface area contributed by atoms with E-state index < -0.39 is 15.9 Å². The quantitative estimate of drug-likeness (QED) is 0.751. The van der Waals surface area contributed by atoms with Gasteiger partial charge in [0.05, 0.1) is 0 Å². The molecule has 17 heavy (non-hydrogen) atoms. The van der Waals surface area contributed by atoms with E-state index >= 15 is 0 Å². The molecule has 0 fully saturated rings. The highest BCUT2D eigenvalue weighted by molar-refractivity contribution is 9.10. The average Bonchev–Trinajstić information content (AvgIpc) is 2.28. The summed E-state index contributed by atoms with van der Waals surface area (Å²) in [4.78, 5) is 10.5. The second-order valence-electron chi connectivity index (χ2n) is 3.11. The largest absolute Gasteiger partial charge is 0.484 e. The maximum atomic E-state index is 11.2. The summed E-state index contributed by atoms with van der Waals surface area (Å²) in [7, 11) is -3.36. The van der Waals surface area contributed by atoms with Crippen LogP contribution in [0.15, 0.2) is 24.3 Å². The van der Waals surface area contributed by atoms with Gasteiger partial charge in [0.25, 0.3) is 5.91 Å². The van der Waals surface area contributed by atoms with Crippen LogP contribution >= 0.6 is 15.9 Å². The van der Waals surface area contributed by atoms with E-state index in [1.807, 2.05) is 0 Å². The zero-order valence-electron chi connectivity index (χ0n) is 8.72. The van der Waals surface area contributed by atoms with Crippen molar-refractivity contribution in [3.63, 3.8) is 0 Å². The van der Waals surface area contributed by atoms with Crippen molar-refractivity contribution >= 4 is 37.5 Å². The summed E-state index contributed by atoms with van der Waals surface area (Å²) >= 11 is 2.86. The van der Waals surface area contributed by atoms with Crippen LogP contribution in [-0.2, 0) is 14.8 Å². The van der Waals surface area contributed by atoms with Gasteiger partial charge < -0.3 is 10.5 Å². The van der Waals surface area contributed by atoms with Gasteiger partial charge in [-0.3, -0.25) is 9.52 Å². The number of ether oxygens (including phenoxy) is 1. The van der Waals surface area contributed by atoms with E-state index in [0.29, 0.717) is 11.4 Å². The summed E-state index contributed by atoms with van der Waals surface area (Å²) in [6, 6.07) is 6.12. The van der Waals surface area contributed by atoms with Gasteiger partial charge in [-0.2, -0.15) is 0 Å². The Balaban J connectivity index is 2.65. The van der Waals surface area contributed by atoms with Gasteiger partial charge in [-0.1, -0.05) is 15.9 Å². The van der Waals surface area contributed by atoms with E-state index in [1.54, 1.807) is 0 Å². The molecular weight excluding hydrogens is 312 g/mol. The van der Waals surface area contributed by atoms with Crippen molar-refractivity contribution in [2.75, 3.05) is 16.0 Å². The third kappa shape index (κ3) is 5.05. The van der Waals surface area contributed by atoms with Gasteiger partial charge in [0.2, 0.25) is 10.0 Å². The molecule has 0 aromatic heterocycles. The molecule has 3 N–H and O–H groups in total. The van der Waals surface area contributed by atoms with Crippen LogP contribution < -0.4 is 15.2 Å². The molecule has 1 aromatic rings. The lowest BCUT2D eigenvalue weighted by molar-refractivity contribution is -0.119. The highest BCUT2D eigenvalue weighted by Crippen LogP contribution is 2.16. The average molecular weight is 323 g/mol. The first kappa shape index (κ1) is 13.8. The fourth-order valence-electron chi connectivity index (χ4n) is 0.981. The lowest BCUT2D eigenvalue weighted by Gasteiger charge is -2.07. The van der Waals surface area contributed by atoms with Crippen molar-refractivity contribution in [2.45, 2.75) is 0 Å². The predicted octanol–water partition coefficient (Wildman–Crippen LogP) is 0.645. The first-order valence-corrected chi connectivity index (χ1v) is 7.28. The Kier molecular flexibility index (Phi) is 4.76. The Morgan fingerprint density at radius 1 is 1.35 bits per heavy atom. The minimum Gasteiger partial charge on any atom is -0.484 e. The molecule has 0 aliphatic heterocycles. The number of primary amides is 1. The smallest absolute Gasteiger partial charge is 0.255 e. The fourth-order valence-corrected chi connectivity index (χ4v) is 1.87. The molecule has 1 rings (SSSR count). The second-order valence-corrected chi connectivity index (χ2v) is 6.13. The molecule has 1 amide bonds. The van der Waals surface area contributed by atoms with Gasteiger partial charge in [0.15, 0.2) is 6.61 Å². The van der Waals surface area contributed by atoms with E-state index in [4.69, 9.17) is 10.5 Å². The molecule has 0 unspecified atom stereocenters. The minimum atomic E-state index is -3.36. The molecule has 0 aliphatic rings. The van der Waals surface area contributed by atoms with Crippen LogP contribution in [0, 0.1) is 0 Å². The molecule has 0 saturated heterocycles. The number of amides is 1. The summed E-state index contributed by atoms with van der Waals surface area (Å²) in [5, 5.41) is 0. The normalized spacial score (nSPS) is 10.9. The van der Waals surface area contributed by atoms with Crippen molar-refractivity contribution in [1.82, 2.24) is 0 Å². The number of carbonyl (C=O) groups is 1. The predicted molar refractivity (Wildman–Crippen MR) is 67.5 cm³/mol. The Morgan fingerprint density at radius 2 is 1.94 bits per heavy atom. The highest BCUT2D eigenvalue weighted by Gasteiger charge is 2.07. The standard InChI is InChI=1S/C9H11BrN2O4S/c10-6-17(14,15)12-7-1-3-8(4-2-7)16-5-9(11)13/h1-4,12H,5-6H2,(H2,11,13). The van der Waals surface area contributed by atoms with Gasteiger partial charge in [0, 0.05) is 5.69 Å². The van der Waals surface area contributed by atoms with Crippen LogP contribution in [-0.4, -0.2) is 25.6 Å². The molecule has 0 radical (unpaired) electrons. The van der Waals surface area contributed by atoms with Crippen molar-refractivity contribution in [1.29, 1.82) is 0 Å². The van der Waals surface area contributed by atoms with Crippen molar-refractivity contribution in [3.8, 4) is 5.75 Å². The number of benzene rings is 1. The minimum absolute atomic E-state index is 0.181. The molecule has 0 aliphatic carbocycles. The van der Waals surface area contributed by atoms with Gasteiger partial charge in [0.1, 0.15) is 10.4 Å². The lowest BCUT2D eigenvalue weighted by atomic mass is 10.3. The maximum Gasteiger partial charge on any atom is 0.255 e. The van der Waals surface area contributed by atoms with E-state index in [0.717, 1.165) is 0 Å². The SMILES string of the molecule is NC(=O)COc1ccc(NS(=O)(=O)CBr)cc1. The zero-order chi connectivity index (χ0) is 12.9. The zero-order valence-corrected chi connectivity index (χ0v) is 11.1. The van der Waals surface area contributed by atoms with E-state index in [2.05, 4.69) is 20.7 Å². The molecule has 0 heterocycles. The van der Waals surface area contributed by atoms with Crippen LogP contribution in [0.5, 0.6) is 5.75 Å². The number of hydrogen-bond acceptors (Lipinski definition) is 4. The van der Waals surface area contributed by atoms with Crippen LogP contribution in [0.4, 0.5) is 5.69 Å². The van der Waals surface area contributed by atoms with E-state index in [-0.39, 0.29) is 11.3 Å². The summed E-state index contributed by atoms with van der Waals surface area (Å²) in [6.45, 7) is -0.216. The number of alkyl halides is 1. The Labute approximate surface area is 107 Å². The molecular formula is C9H11BrN2O4S. The molecule has 0 atom stereocenters. The summed E-state index contributed by atoms with van der Waals surface area (Å²) in [6.07, 6.45) is 0. The van der Waals surface area contributed by atoms with Gasteiger partial charge in [-0.15, -0.1) is 0 Å². The maximum absolute atomic E-state index is 11.2. The number of sulfonamides is 1. The third-order valence-electron chi connectivity index (χ3n) is 1.65. The summed E-state index contributed by atoms with van der Waals surface area (Å²) in [5.74, 6) is -0.139.